The summed E-state index contributed by atoms with van der Waals surface area (Å²) in [5.74, 6) is 0.299. The smallest absolute Gasteiger partial charge is 0.171 e. The maximum atomic E-state index is 5.88. The summed E-state index contributed by atoms with van der Waals surface area (Å²) in [6.07, 6.45) is 0. The Morgan fingerprint density at radius 2 is 2.23 bits per heavy atom. The molecule has 70 valence electrons. The Bertz CT molecular complexity index is 312. The van der Waals surface area contributed by atoms with Crippen LogP contribution in [-0.2, 0) is 4.84 Å². The molecule has 0 fully saturated rings. The average molecular weight is 199 g/mol. The molecule has 2 N–H and O–H groups in total. The van der Waals surface area contributed by atoms with E-state index < -0.39 is 0 Å². The van der Waals surface area contributed by atoms with Gasteiger partial charge in [-0.1, -0.05) is 28.9 Å². The van der Waals surface area contributed by atoms with Crippen LogP contribution in [0, 0.1) is 0 Å². The Kier molecular flexibility index (Phi) is 3.58. The maximum absolute atomic E-state index is 5.88. The van der Waals surface area contributed by atoms with Gasteiger partial charge in [0.05, 0.1) is 5.02 Å². The van der Waals surface area contributed by atoms with E-state index in [0.29, 0.717) is 23.0 Å². The van der Waals surface area contributed by atoms with Gasteiger partial charge in [-0.05, 0) is 19.1 Å². The molecular formula is C9H11ClN2O. The van der Waals surface area contributed by atoms with Crippen molar-refractivity contribution in [3.63, 3.8) is 0 Å². The first kappa shape index (κ1) is 9.86. The highest BCUT2D eigenvalue weighted by atomic mass is 35.5. The van der Waals surface area contributed by atoms with Gasteiger partial charge in [-0.25, -0.2) is 0 Å². The second-order valence-electron chi connectivity index (χ2n) is 2.37. The van der Waals surface area contributed by atoms with Crippen molar-refractivity contribution in [1.82, 2.24) is 0 Å². The topological polar surface area (TPSA) is 47.6 Å². The normalized spacial score (nSPS) is 11.4. The molecule has 1 aromatic carbocycles. The molecule has 1 aromatic rings. The number of hydrogen-bond acceptors (Lipinski definition) is 2. The molecule has 0 aromatic heterocycles. The highest BCUT2D eigenvalue weighted by molar-refractivity contribution is 6.34. The zero-order valence-corrected chi connectivity index (χ0v) is 8.08. The maximum Gasteiger partial charge on any atom is 0.171 e. The average Bonchev–Trinajstić information content (AvgIpc) is 2.15. The van der Waals surface area contributed by atoms with E-state index in [1.54, 1.807) is 12.1 Å². The highest BCUT2D eigenvalue weighted by Gasteiger charge is 2.02. The molecule has 0 aliphatic rings. The Morgan fingerprint density at radius 3 is 2.85 bits per heavy atom. The highest BCUT2D eigenvalue weighted by Crippen LogP contribution is 2.14. The molecule has 13 heavy (non-hydrogen) atoms. The number of nitrogens with two attached hydrogens (primary N) is 1. The number of oxime groups is 1. The summed E-state index contributed by atoms with van der Waals surface area (Å²) in [6.45, 7) is 2.33. The zero-order chi connectivity index (χ0) is 9.68. The molecule has 0 saturated heterocycles. The Hall–Kier alpha value is -1.22. The monoisotopic (exact) mass is 198 g/mol. The van der Waals surface area contributed by atoms with Crippen LogP contribution in [0.5, 0.6) is 0 Å². The van der Waals surface area contributed by atoms with Crippen LogP contribution in [0.25, 0.3) is 0 Å². The molecule has 0 saturated carbocycles. The van der Waals surface area contributed by atoms with E-state index in [9.17, 15) is 0 Å². The minimum atomic E-state index is 0.299. The number of halogens is 1. The Balaban J connectivity index is 2.88. The van der Waals surface area contributed by atoms with Crippen LogP contribution < -0.4 is 5.73 Å². The lowest BCUT2D eigenvalue weighted by atomic mass is 10.2. The second-order valence-corrected chi connectivity index (χ2v) is 2.78. The summed E-state index contributed by atoms with van der Waals surface area (Å²) < 4.78 is 0. The number of benzene rings is 1. The third-order valence-electron chi connectivity index (χ3n) is 1.44. The van der Waals surface area contributed by atoms with E-state index in [-0.39, 0.29) is 0 Å². The van der Waals surface area contributed by atoms with Crippen LogP contribution in [0.1, 0.15) is 12.5 Å². The first-order chi connectivity index (χ1) is 6.25. The van der Waals surface area contributed by atoms with Gasteiger partial charge in [0.1, 0.15) is 6.61 Å². The molecule has 0 atom stereocenters. The van der Waals surface area contributed by atoms with Crippen molar-refractivity contribution in [2.45, 2.75) is 6.92 Å². The van der Waals surface area contributed by atoms with Gasteiger partial charge in [-0.3, -0.25) is 0 Å². The fourth-order valence-electron chi connectivity index (χ4n) is 0.852. The standard InChI is InChI=1S/C9H11ClN2O/c1-2-13-12-9(11)7-5-3-4-6-8(7)10/h3-6H,2H2,1H3,(H2,11,12). The van der Waals surface area contributed by atoms with Crippen molar-refractivity contribution in [3.8, 4) is 0 Å². The summed E-state index contributed by atoms with van der Waals surface area (Å²) in [5, 5.41) is 4.26. The van der Waals surface area contributed by atoms with Crippen molar-refractivity contribution < 1.29 is 4.84 Å². The van der Waals surface area contributed by atoms with Crippen LogP contribution in [0.4, 0.5) is 0 Å². The molecule has 3 nitrogen and oxygen atoms in total. The van der Waals surface area contributed by atoms with E-state index in [4.69, 9.17) is 22.2 Å². The largest absolute Gasteiger partial charge is 0.394 e. The van der Waals surface area contributed by atoms with Gasteiger partial charge in [0.2, 0.25) is 0 Å². The molecule has 0 unspecified atom stereocenters. The van der Waals surface area contributed by atoms with Gasteiger partial charge in [0.25, 0.3) is 0 Å². The molecule has 0 aliphatic carbocycles. The van der Waals surface area contributed by atoms with Gasteiger partial charge in [-0.2, -0.15) is 0 Å². The van der Waals surface area contributed by atoms with E-state index in [1.165, 1.54) is 0 Å². The predicted octanol–water partition coefficient (Wildman–Crippen LogP) is 2.00. The van der Waals surface area contributed by atoms with Crippen molar-refractivity contribution in [2.24, 2.45) is 10.9 Å². The zero-order valence-electron chi connectivity index (χ0n) is 7.33. The van der Waals surface area contributed by atoms with Crippen molar-refractivity contribution in [2.75, 3.05) is 6.61 Å². The van der Waals surface area contributed by atoms with Gasteiger partial charge in [0, 0.05) is 5.56 Å². The lowest BCUT2D eigenvalue weighted by molar-refractivity contribution is 0.158. The molecule has 0 heterocycles. The first-order valence-electron chi connectivity index (χ1n) is 3.96. The van der Waals surface area contributed by atoms with Crippen LogP contribution in [0.3, 0.4) is 0 Å². The third-order valence-corrected chi connectivity index (χ3v) is 1.77. The summed E-state index contributed by atoms with van der Waals surface area (Å²) in [7, 11) is 0. The third kappa shape index (κ3) is 2.63. The molecule has 4 heteroatoms. The summed E-state index contributed by atoms with van der Waals surface area (Å²) in [4.78, 5) is 4.81. The molecule has 0 aliphatic heterocycles. The van der Waals surface area contributed by atoms with Crippen molar-refractivity contribution in [3.05, 3.63) is 34.9 Å². The van der Waals surface area contributed by atoms with E-state index in [1.807, 2.05) is 19.1 Å². The number of nitrogens with zero attached hydrogens (tertiary/aromatic N) is 1. The minimum Gasteiger partial charge on any atom is -0.394 e. The van der Waals surface area contributed by atoms with Crippen LogP contribution in [-0.4, -0.2) is 12.4 Å². The quantitative estimate of drug-likeness (QED) is 0.459. The molecule has 0 amide bonds. The predicted molar refractivity (Wildman–Crippen MR) is 53.8 cm³/mol. The SMILES string of the molecule is CCO/N=C(\N)c1ccccc1Cl. The first-order valence-corrected chi connectivity index (χ1v) is 4.33. The van der Waals surface area contributed by atoms with E-state index in [0.717, 1.165) is 0 Å². The number of hydrogen-bond donors (Lipinski definition) is 1. The molecule has 0 bridgehead atoms. The van der Waals surface area contributed by atoms with Crippen LogP contribution in [0.2, 0.25) is 5.02 Å². The van der Waals surface area contributed by atoms with Gasteiger partial charge in [0.15, 0.2) is 5.84 Å². The van der Waals surface area contributed by atoms with Crippen molar-refractivity contribution >= 4 is 17.4 Å². The Morgan fingerprint density at radius 1 is 1.54 bits per heavy atom. The molecule has 0 spiro atoms. The second kappa shape index (κ2) is 4.72. The minimum absolute atomic E-state index is 0.299. The fourth-order valence-corrected chi connectivity index (χ4v) is 1.08. The van der Waals surface area contributed by atoms with E-state index in [2.05, 4.69) is 5.16 Å². The lowest BCUT2D eigenvalue weighted by Crippen LogP contribution is -2.14. The lowest BCUT2D eigenvalue weighted by Gasteiger charge is -2.01. The van der Waals surface area contributed by atoms with Gasteiger partial charge >= 0.3 is 0 Å². The van der Waals surface area contributed by atoms with E-state index >= 15 is 0 Å². The van der Waals surface area contributed by atoms with Crippen LogP contribution >= 0.6 is 11.6 Å². The van der Waals surface area contributed by atoms with Crippen molar-refractivity contribution in [1.29, 1.82) is 0 Å². The number of rotatable bonds is 3. The molecular weight excluding hydrogens is 188 g/mol. The Labute approximate surface area is 82.1 Å². The summed E-state index contributed by atoms with van der Waals surface area (Å²) in [5.41, 5.74) is 6.31. The summed E-state index contributed by atoms with van der Waals surface area (Å²) in [6, 6.07) is 7.22. The molecule has 0 radical (unpaired) electrons. The van der Waals surface area contributed by atoms with Gasteiger partial charge in [-0.15, -0.1) is 0 Å². The van der Waals surface area contributed by atoms with Crippen LogP contribution in [0.15, 0.2) is 29.4 Å². The summed E-state index contributed by atoms with van der Waals surface area (Å²) >= 11 is 5.88. The molecule has 1 rings (SSSR count). The van der Waals surface area contributed by atoms with Gasteiger partial charge < -0.3 is 10.6 Å². The fraction of sp³-hybridized carbons (Fsp3) is 0.222. The number of amidine groups is 1.